The van der Waals surface area contributed by atoms with Gasteiger partial charge in [-0.2, -0.15) is 5.10 Å². The Morgan fingerprint density at radius 2 is 2.07 bits per heavy atom. The van der Waals surface area contributed by atoms with Crippen LogP contribution in [0, 0.1) is 0 Å². The fraction of sp³-hybridized carbons (Fsp3) is 0.111. The van der Waals surface area contributed by atoms with E-state index in [4.69, 9.17) is 0 Å². The number of carbonyl (C=O) groups is 1. The fourth-order valence-electron chi connectivity index (χ4n) is 2.69. The number of carbonyl (C=O) groups excluding carboxylic acids is 1. The first-order valence-corrected chi connectivity index (χ1v) is 8.23. The van der Waals surface area contributed by atoms with Crippen LogP contribution in [-0.2, 0) is 17.9 Å². The summed E-state index contributed by atoms with van der Waals surface area (Å²) in [5.41, 5.74) is 1.19. The summed E-state index contributed by atoms with van der Waals surface area (Å²) in [6.07, 6.45) is 6.30. The molecule has 0 unspecified atom stereocenters. The normalized spacial score (nSPS) is 10.8. The first-order valence-electron chi connectivity index (χ1n) is 8.23. The smallest absolute Gasteiger partial charge is 0.240 e. The van der Waals surface area contributed by atoms with E-state index in [0.29, 0.717) is 28.2 Å². The average Bonchev–Trinajstić information content (AvgIpc) is 3.19. The molecule has 3 heterocycles. The Bertz CT molecular complexity index is 1150. The Labute approximate surface area is 153 Å². The Morgan fingerprint density at radius 1 is 1.19 bits per heavy atom. The lowest BCUT2D eigenvalue weighted by Crippen LogP contribution is -2.28. The van der Waals surface area contributed by atoms with Crippen LogP contribution in [-0.4, -0.2) is 35.6 Å². The second-order valence-corrected chi connectivity index (χ2v) is 5.80. The highest BCUT2D eigenvalue weighted by molar-refractivity contribution is 5.82. The number of amides is 1. The molecule has 1 aromatic carbocycles. The predicted molar refractivity (Wildman–Crippen MR) is 97.5 cm³/mol. The molecule has 0 atom stereocenters. The number of pyridine rings is 1. The van der Waals surface area contributed by atoms with Crippen molar-refractivity contribution in [1.82, 2.24) is 35.0 Å². The molecule has 3 aromatic heterocycles. The van der Waals surface area contributed by atoms with Gasteiger partial charge in [0.15, 0.2) is 5.43 Å². The lowest BCUT2D eigenvalue weighted by atomic mass is 10.2. The molecule has 0 saturated heterocycles. The van der Waals surface area contributed by atoms with E-state index in [-0.39, 0.29) is 24.4 Å². The third-order valence-corrected chi connectivity index (χ3v) is 3.98. The third kappa shape index (κ3) is 3.56. The number of rotatable bonds is 5. The molecule has 0 aliphatic heterocycles. The quantitative estimate of drug-likeness (QED) is 0.545. The largest absolute Gasteiger partial charge is 0.347 e. The van der Waals surface area contributed by atoms with Crippen molar-refractivity contribution in [2.24, 2.45) is 0 Å². The first kappa shape index (κ1) is 16.6. The summed E-state index contributed by atoms with van der Waals surface area (Å²) in [6.45, 7) is 0.288. The molecule has 0 bridgehead atoms. The van der Waals surface area contributed by atoms with Gasteiger partial charge < -0.3 is 9.88 Å². The summed E-state index contributed by atoms with van der Waals surface area (Å²) in [5, 5.41) is 10.2. The van der Waals surface area contributed by atoms with Gasteiger partial charge in [0, 0.05) is 30.0 Å². The van der Waals surface area contributed by atoms with Crippen molar-refractivity contribution in [1.29, 1.82) is 0 Å². The molecule has 4 rings (SSSR count). The number of fused-ring (bicyclic) bond motifs is 1. The molecular formula is C18H15N7O2. The summed E-state index contributed by atoms with van der Waals surface area (Å²) in [7, 11) is 0. The number of aromatic amines is 1. The fourth-order valence-corrected chi connectivity index (χ4v) is 2.69. The molecule has 1 amide bonds. The van der Waals surface area contributed by atoms with Gasteiger partial charge in [-0.1, -0.05) is 12.1 Å². The van der Waals surface area contributed by atoms with Crippen molar-refractivity contribution in [3.05, 3.63) is 71.2 Å². The Morgan fingerprint density at radius 3 is 2.93 bits per heavy atom. The average molecular weight is 361 g/mol. The molecule has 134 valence electrons. The molecule has 0 radical (unpaired) electrons. The molecule has 0 saturated carbocycles. The maximum absolute atomic E-state index is 12.3. The number of H-pyrrole nitrogens is 1. The SMILES string of the molecule is O=C(Cn1ccc(=O)c2ccccc21)NCc1nc(-c2cnccn2)n[nH]1. The van der Waals surface area contributed by atoms with E-state index in [1.54, 1.807) is 41.5 Å². The van der Waals surface area contributed by atoms with E-state index >= 15 is 0 Å². The highest BCUT2D eigenvalue weighted by Crippen LogP contribution is 2.10. The summed E-state index contributed by atoms with van der Waals surface area (Å²) in [5.74, 6) is 0.716. The van der Waals surface area contributed by atoms with Crippen molar-refractivity contribution in [2.75, 3.05) is 0 Å². The van der Waals surface area contributed by atoms with Crippen molar-refractivity contribution < 1.29 is 4.79 Å². The van der Waals surface area contributed by atoms with Gasteiger partial charge in [0.05, 0.1) is 18.3 Å². The van der Waals surface area contributed by atoms with E-state index in [0.717, 1.165) is 0 Å². The van der Waals surface area contributed by atoms with Crippen LogP contribution in [0.15, 0.2) is 59.9 Å². The minimum Gasteiger partial charge on any atom is -0.347 e. The van der Waals surface area contributed by atoms with E-state index in [9.17, 15) is 9.59 Å². The van der Waals surface area contributed by atoms with Crippen LogP contribution in [0.4, 0.5) is 0 Å². The maximum Gasteiger partial charge on any atom is 0.240 e. The molecule has 0 spiro atoms. The maximum atomic E-state index is 12.3. The number of nitrogens with zero attached hydrogens (tertiary/aromatic N) is 5. The van der Waals surface area contributed by atoms with E-state index in [1.165, 1.54) is 6.07 Å². The van der Waals surface area contributed by atoms with E-state index in [1.807, 2.05) is 12.1 Å². The highest BCUT2D eigenvalue weighted by atomic mass is 16.2. The predicted octanol–water partition coefficient (Wildman–Crippen LogP) is 0.893. The van der Waals surface area contributed by atoms with Gasteiger partial charge in [-0.25, -0.2) is 9.97 Å². The van der Waals surface area contributed by atoms with E-state index < -0.39 is 0 Å². The molecule has 2 N–H and O–H groups in total. The van der Waals surface area contributed by atoms with Gasteiger partial charge >= 0.3 is 0 Å². The summed E-state index contributed by atoms with van der Waals surface area (Å²) >= 11 is 0. The molecular weight excluding hydrogens is 346 g/mol. The van der Waals surface area contributed by atoms with Gasteiger partial charge in [0.1, 0.15) is 18.1 Å². The molecule has 9 heteroatoms. The van der Waals surface area contributed by atoms with Gasteiger partial charge in [-0.3, -0.25) is 19.7 Å². The zero-order chi connectivity index (χ0) is 18.6. The van der Waals surface area contributed by atoms with Crippen LogP contribution in [0.2, 0.25) is 0 Å². The van der Waals surface area contributed by atoms with Crippen molar-refractivity contribution in [3.63, 3.8) is 0 Å². The van der Waals surface area contributed by atoms with Crippen LogP contribution in [0.25, 0.3) is 22.4 Å². The van der Waals surface area contributed by atoms with E-state index in [2.05, 4.69) is 30.5 Å². The molecule has 0 fully saturated rings. The second-order valence-electron chi connectivity index (χ2n) is 5.80. The van der Waals surface area contributed by atoms with Crippen molar-refractivity contribution in [2.45, 2.75) is 13.1 Å². The van der Waals surface area contributed by atoms with Crippen LogP contribution in [0.5, 0.6) is 0 Å². The topological polar surface area (TPSA) is 118 Å². The van der Waals surface area contributed by atoms with Gasteiger partial charge in [-0.05, 0) is 12.1 Å². The minimum absolute atomic E-state index is 0.0690. The lowest BCUT2D eigenvalue weighted by Gasteiger charge is -2.10. The zero-order valence-electron chi connectivity index (χ0n) is 14.2. The van der Waals surface area contributed by atoms with Crippen molar-refractivity contribution in [3.8, 4) is 11.5 Å². The summed E-state index contributed by atoms with van der Waals surface area (Å²) < 4.78 is 1.73. The van der Waals surface area contributed by atoms with Crippen molar-refractivity contribution >= 4 is 16.8 Å². The van der Waals surface area contributed by atoms with Crippen LogP contribution in [0.3, 0.4) is 0 Å². The number of hydrogen-bond donors (Lipinski definition) is 2. The van der Waals surface area contributed by atoms with Gasteiger partial charge in [-0.15, -0.1) is 0 Å². The van der Waals surface area contributed by atoms with Crippen LogP contribution in [0.1, 0.15) is 5.82 Å². The monoisotopic (exact) mass is 361 g/mol. The molecule has 0 aliphatic rings. The first-order chi connectivity index (χ1) is 13.2. The Kier molecular flexibility index (Phi) is 4.40. The molecule has 27 heavy (non-hydrogen) atoms. The Balaban J connectivity index is 1.43. The number of para-hydroxylation sites is 1. The molecule has 9 nitrogen and oxygen atoms in total. The molecule has 4 aromatic rings. The minimum atomic E-state index is -0.207. The van der Waals surface area contributed by atoms with Gasteiger partial charge in [0.25, 0.3) is 0 Å². The number of aromatic nitrogens is 6. The summed E-state index contributed by atoms with van der Waals surface area (Å²) in [6, 6.07) is 8.65. The lowest BCUT2D eigenvalue weighted by molar-refractivity contribution is -0.121. The van der Waals surface area contributed by atoms with Crippen LogP contribution < -0.4 is 10.7 Å². The highest BCUT2D eigenvalue weighted by Gasteiger charge is 2.10. The second kappa shape index (κ2) is 7.16. The number of hydrogen-bond acceptors (Lipinski definition) is 6. The zero-order valence-corrected chi connectivity index (χ0v) is 14.2. The number of nitrogens with one attached hydrogen (secondary N) is 2. The standard InChI is InChI=1S/C18H15N7O2/c26-15-5-8-25(14-4-2-1-3-12(14)15)11-17(27)21-10-16-22-18(24-23-16)13-9-19-6-7-20-13/h1-9H,10-11H2,(H,21,27)(H,22,23,24). The number of benzene rings is 1. The van der Waals surface area contributed by atoms with Crippen LogP contribution >= 0.6 is 0 Å². The summed E-state index contributed by atoms with van der Waals surface area (Å²) in [4.78, 5) is 36.6. The Hall–Kier alpha value is -3.88. The third-order valence-electron chi connectivity index (χ3n) is 3.98. The molecule has 0 aliphatic carbocycles. The van der Waals surface area contributed by atoms with Gasteiger partial charge in [0.2, 0.25) is 11.7 Å².